The number of aliphatic hydroxyl groups excluding tert-OH is 13. The molecule has 8 aliphatic rings. The number of rotatable bonds is 17. The summed E-state index contributed by atoms with van der Waals surface area (Å²) in [7, 11) is 0. The van der Waals surface area contributed by atoms with Gasteiger partial charge in [0.15, 0.2) is 25.2 Å². The summed E-state index contributed by atoms with van der Waals surface area (Å²) < 4.78 is 49.1. The molecule has 14 N–H and O–H groups in total. The first kappa shape index (κ1) is 62.9. The minimum absolute atomic E-state index is 0.0336. The Labute approximate surface area is 458 Å². The van der Waals surface area contributed by atoms with E-state index >= 15 is 0 Å². The molecule has 0 aromatic carbocycles. The first-order valence-corrected chi connectivity index (χ1v) is 28.8. The molecule has 3 saturated carbocycles. The van der Waals surface area contributed by atoms with Crippen LogP contribution in [0.5, 0.6) is 0 Å². The van der Waals surface area contributed by atoms with E-state index in [1.54, 1.807) is 27.7 Å². The topological polar surface area (TPSA) is 357 Å². The van der Waals surface area contributed by atoms with E-state index in [-0.39, 0.29) is 47.5 Å². The van der Waals surface area contributed by atoms with Crippen LogP contribution in [0.4, 0.5) is 0 Å². The Hall–Kier alpha value is -1.14. The van der Waals surface area contributed by atoms with Crippen LogP contribution in [0.15, 0.2) is 11.6 Å². The highest BCUT2D eigenvalue weighted by atomic mass is 16.8. The van der Waals surface area contributed by atoms with Crippen molar-refractivity contribution in [3.05, 3.63) is 11.6 Å². The molecule has 78 heavy (non-hydrogen) atoms. The van der Waals surface area contributed by atoms with Crippen LogP contribution in [-0.2, 0) is 37.9 Å². The molecule has 0 radical (unpaired) electrons. The number of hydrogen-bond acceptors (Lipinski definition) is 22. The maximum Gasteiger partial charge on any atom is 0.187 e. The molecule has 8 rings (SSSR count). The lowest BCUT2D eigenvalue weighted by atomic mass is 9.38. The summed E-state index contributed by atoms with van der Waals surface area (Å²) >= 11 is 0. The predicted molar refractivity (Wildman–Crippen MR) is 274 cm³/mol. The van der Waals surface area contributed by atoms with Crippen LogP contribution >= 0.6 is 0 Å². The van der Waals surface area contributed by atoms with E-state index < -0.39 is 171 Å². The van der Waals surface area contributed by atoms with E-state index in [1.165, 1.54) is 5.57 Å². The Balaban J connectivity index is 0.987. The van der Waals surface area contributed by atoms with Crippen molar-refractivity contribution in [1.82, 2.24) is 0 Å². The van der Waals surface area contributed by atoms with Gasteiger partial charge in [-0.25, -0.2) is 0 Å². The van der Waals surface area contributed by atoms with E-state index in [9.17, 15) is 71.5 Å². The van der Waals surface area contributed by atoms with Crippen LogP contribution in [0.25, 0.3) is 0 Å². The molecule has 0 amide bonds. The molecule has 0 aromatic rings. The van der Waals surface area contributed by atoms with Gasteiger partial charge in [-0.1, -0.05) is 67.0 Å². The van der Waals surface area contributed by atoms with Crippen molar-refractivity contribution in [1.29, 1.82) is 0 Å². The lowest BCUT2D eigenvalue weighted by Crippen LogP contribution is -2.65. The van der Waals surface area contributed by atoms with Gasteiger partial charge in [-0.05, 0) is 106 Å². The Morgan fingerprint density at radius 2 is 1.18 bits per heavy atom. The molecule has 452 valence electrons. The van der Waals surface area contributed by atoms with E-state index in [4.69, 9.17) is 37.9 Å². The first-order valence-electron chi connectivity index (χ1n) is 28.8. The zero-order chi connectivity index (χ0) is 57.5. The Morgan fingerprint density at radius 1 is 0.641 bits per heavy atom. The number of allylic oxidation sites excluding steroid dienone is 1. The van der Waals surface area contributed by atoms with Crippen molar-refractivity contribution in [3.63, 3.8) is 0 Å². The maximum atomic E-state index is 12.7. The fourth-order valence-corrected chi connectivity index (χ4v) is 16.0. The second kappa shape index (κ2) is 23.7. The third kappa shape index (κ3) is 11.0. The number of hydrogen-bond donors (Lipinski definition) is 14. The molecular formula is C56H96O22. The van der Waals surface area contributed by atoms with Crippen LogP contribution in [0, 0.1) is 51.2 Å². The highest BCUT2D eigenvalue weighted by Crippen LogP contribution is 2.75. The number of fused-ring (bicyclic) bond motifs is 5. The van der Waals surface area contributed by atoms with Gasteiger partial charge in [0.1, 0.15) is 73.2 Å². The molecule has 4 unspecified atom stereocenters. The highest BCUT2D eigenvalue weighted by Gasteiger charge is 2.70. The predicted octanol–water partition coefficient (Wildman–Crippen LogP) is -0.539. The zero-order valence-electron chi connectivity index (χ0n) is 47.2. The molecular weight excluding hydrogens is 1020 g/mol. The summed E-state index contributed by atoms with van der Waals surface area (Å²) in [5.41, 5.74) is -1.81. The summed E-state index contributed by atoms with van der Waals surface area (Å²) in [4.78, 5) is 0. The van der Waals surface area contributed by atoms with Crippen LogP contribution in [0.3, 0.4) is 0 Å². The van der Waals surface area contributed by atoms with Gasteiger partial charge in [0.2, 0.25) is 0 Å². The van der Waals surface area contributed by atoms with Crippen molar-refractivity contribution < 1.29 is 109 Å². The lowest BCUT2D eigenvalue weighted by molar-refractivity contribution is -0.374. The van der Waals surface area contributed by atoms with Gasteiger partial charge >= 0.3 is 0 Å². The van der Waals surface area contributed by atoms with Gasteiger partial charge in [0.05, 0.1) is 62.0 Å². The van der Waals surface area contributed by atoms with Crippen molar-refractivity contribution in [2.24, 2.45) is 51.2 Å². The molecule has 22 heteroatoms. The van der Waals surface area contributed by atoms with Crippen LogP contribution in [0.1, 0.15) is 127 Å². The smallest absolute Gasteiger partial charge is 0.187 e. The summed E-state index contributed by atoms with van der Waals surface area (Å²) in [6, 6.07) is 0. The van der Waals surface area contributed by atoms with Crippen molar-refractivity contribution in [2.75, 3.05) is 19.8 Å². The molecule has 4 saturated heterocycles. The summed E-state index contributed by atoms with van der Waals surface area (Å²) in [5, 5.41) is 152. The van der Waals surface area contributed by atoms with Crippen LogP contribution in [-0.4, -0.2) is 232 Å². The molecule has 0 spiro atoms. The standard InChI is InChI=1S/C56H96O22/c1-11-29-38(61)41(64)46(69)50(72-29)78-47-37(60)25(3)32(23-71-48-44(67)42(65)39(62)30(21-57)73-48)75-51(47)77-36(53(6,7)70)16-12-24(2)26-18-19-54(8)33-15-13-27-28(56(33,10)34(59)20-55(26,54)9)14-17-35(52(27,4)5)76-49-45(68)43(66)40(63)31(22-58)74-49/h13,24-26,28-51,57-70H,11-12,14-23H2,1-10H3/t24-,25-,26?,28?,29+,30-,31-,32-,33?,34-,35+,36-,37+,38+,39-,40-,41-,42+,43+,44?,45-,46+,47-,48+,49+,50-,51+,54+,55-,56+/m1/s1. The summed E-state index contributed by atoms with van der Waals surface area (Å²) in [6.45, 7) is 18.4. The second-order valence-corrected chi connectivity index (χ2v) is 26.5. The first-order chi connectivity index (χ1) is 36.4. The van der Waals surface area contributed by atoms with Gasteiger partial charge < -0.3 is 109 Å². The summed E-state index contributed by atoms with van der Waals surface area (Å²) in [6.07, 6.45) is -21.4. The van der Waals surface area contributed by atoms with Crippen LogP contribution < -0.4 is 0 Å². The SMILES string of the molecule is CC[C@@H]1O[C@H](O[C@H]2[C@H](O[C@H](CC[C@@H](C)C3CC[C@@]4(C)C5CC=C6C(CC[C@H](O[C@@H]7O[C@H](CO)[C@@H](O)[C@H](O)[C@H]7O)C6(C)C)[C@]5(C)[C@H](O)C[C@]34C)C(C)(C)O)O[C@H](CO[C@H]3O[C@H](CO)[C@@H](O)[C@H](O)C3O)[C@@H](C)[C@@H]2O)[C@@H](O)[C@H](O)[C@H]1O. The van der Waals surface area contributed by atoms with Gasteiger partial charge in [-0.2, -0.15) is 0 Å². The number of ether oxygens (including phenoxy) is 8. The summed E-state index contributed by atoms with van der Waals surface area (Å²) in [5.74, 6) is -0.409. The third-order valence-corrected chi connectivity index (χ3v) is 21.4. The van der Waals surface area contributed by atoms with Crippen molar-refractivity contribution >= 4 is 0 Å². The van der Waals surface area contributed by atoms with Crippen LogP contribution in [0.2, 0.25) is 0 Å². The molecule has 22 nitrogen and oxygen atoms in total. The fraction of sp³-hybridized carbons (Fsp3) is 0.964. The van der Waals surface area contributed by atoms with Gasteiger partial charge in [-0.15, -0.1) is 0 Å². The number of aliphatic hydroxyl groups is 14. The Kier molecular flexibility index (Phi) is 19.1. The van der Waals surface area contributed by atoms with E-state index in [0.717, 1.165) is 19.3 Å². The normalized spacial score (nSPS) is 51.4. The fourth-order valence-electron chi connectivity index (χ4n) is 16.0. The van der Waals surface area contributed by atoms with E-state index in [1.807, 2.05) is 0 Å². The van der Waals surface area contributed by atoms with Gasteiger partial charge in [0.25, 0.3) is 0 Å². The van der Waals surface area contributed by atoms with Gasteiger partial charge in [0, 0.05) is 16.7 Å². The van der Waals surface area contributed by atoms with E-state index in [2.05, 4.69) is 47.6 Å². The van der Waals surface area contributed by atoms with Gasteiger partial charge in [-0.3, -0.25) is 0 Å². The van der Waals surface area contributed by atoms with Crippen molar-refractivity contribution in [2.45, 2.75) is 268 Å². The maximum absolute atomic E-state index is 12.7. The Bertz CT molecular complexity index is 2020. The van der Waals surface area contributed by atoms with E-state index in [0.29, 0.717) is 32.1 Å². The molecule has 0 aromatic heterocycles. The zero-order valence-corrected chi connectivity index (χ0v) is 47.2. The average Bonchev–Trinajstić information content (AvgIpc) is 2.92. The Morgan fingerprint density at radius 3 is 1.76 bits per heavy atom. The highest BCUT2D eigenvalue weighted by molar-refractivity contribution is 5.32. The quantitative estimate of drug-likeness (QED) is 0.0814. The second-order valence-electron chi connectivity index (χ2n) is 26.5. The largest absolute Gasteiger partial charge is 0.394 e. The molecule has 30 atom stereocenters. The molecule has 7 fully saturated rings. The monoisotopic (exact) mass is 1120 g/mol. The third-order valence-electron chi connectivity index (χ3n) is 21.4. The lowest BCUT2D eigenvalue weighted by Gasteiger charge is -2.67. The molecule has 4 heterocycles. The minimum Gasteiger partial charge on any atom is -0.394 e. The average molecular weight is 1120 g/mol. The molecule has 4 aliphatic carbocycles. The molecule has 4 aliphatic heterocycles. The molecule has 0 bridgehead atoms. The van der Waals surface area contributed by atoms with Crippen molar-refractivity contribution in [3.8, 4) is 0 Å². The minimum atomic E-state index is -1.74.